The minimum Gasteiger partial charge on any atom is -0.487 e. The molecule has 1 heterocycles. The van der Waals surface area contributed by atoms with E-state index in [1.807, 2.05) is 13.0 Å². The van der Waals surface area contributed by atoms with Gasteiger partial charge in [0.25, 0.3) is 0 Å². The van der Waals surface area contributed by atoms with Crippen LogP contribution in [-0.2, 0) is 12.8 Å². The summed E-state index contributed by atoms with van der Waals surface area (Å²) in [7, 11) is 0. The van der Waals surface area contributed by atoms with E-state index in [0.29, 0.717) is 0 Å². The Labute approximate surface area is 97.3 Å². The number of aliphatic hydroxyl groups is 1. The molecule has 88 valence electrons. The van der Waals surface area contributed by atoms with Crippen LogP contribution in [-0.4, -0.2) is 17.3 Å². The van der Waals surface area contributed by atoms with Crippen molar-refractivity contribution >= 4 is 0 Å². The van der Waals surface area contributed by atoms with Crippen molar-refractivity contribution in [2.45, 2.75) is 51.7 Å². The molecule has 0 amide bonds. The molecule has 0 bridgehead atoms. The maximum Gasteiger partial charge on any atom is 0.125 e. The Kier molecular flexibility index (Phi) is 3.49. The van der Waals surface area contributed by atoms with Crippen LogP contribution in [0.5, 0.6) is 5.75 Å². The maximum absolute atomic E-state index is 9.78. The highest BCUT2D eigenvalue weighted by atomic mass is 16.5. The lowest BCUT2D eigenvalue weighted by Crippen LogP contribution is -2.34. The van der Waals surface area contributed by atoms with E-state index in [-0.39, 0.29) is 12.2 Å². The van der Waals surface area contributed by atoms with Crippen LogP contribution in [0.1, 0.15) is 37.8 Å². The summed E-state index contributed by atoms with van der Waals surface area (Å²) in [6.07, 6.45) is 3.41. The molecule has 16 heavy (non-hydrogen) atoms. The third kappa shape index (κ3) is 2.22. The van der Waals surface area contributed by atoms with Gasteiger partial charge in [0, 0.05) is 0 Å². The topological polar surface area (TPSA) is 29.5 Å². The molecule has 0 fully saturated rings. The second-order valence-electron chi connectivity index (χ2n) is 4.47. The summed E-state index contributed by atoms with van der Waals surface area (Å²) in [6, 6.07) is 6.38. The fraction of sp³-hybridized carbons (Fsp3) is 0.571. The second-order valence-corrected chi connectivity index (χ2v) is 4.47. The van der Waals surface area contributed by atoms with E-state index in [4.69, 9.17) is 4.74 Å². The van der Waals surface area contributed by atoms with Crippen molar-refractivity contribution in [1.82, 2.24) is 0 Å². The van der Waals surface area contributed by atoms with Crippen molar-refractivity contribution in [3.63, 3.8) is 0 Å². The van der Waals surface area contributed by atoms with Crippen LogP contribution < -0.4 is 4.74 Å². The smallest absolute Gasteiger partial charge is 0.125 e. The number of ether oxygens (including phenoxy) is 1. The van der Waals surface area contributed by atoms with E-state index in [1.54, 1.807) is 0 Å². The molecule has 0 saturated carbocycles. The first-order valence-electron chi connectivity index (χ1n) is 6.21. The van der Waals surface area contributed by atoms with Gasteiger partial charge in [0.05, 0.1) is 6.10 Å². The van der Waals surface area contributed by atoms with Gasteiger partial charge in [-0.1, -0.05) is 26.0 Å². The zero-order valence-electron chi connectivity index (χ0n) is 10.1. The molecule has 1 aromatic carbocycles. The Balaban J connectivity index is 2.15. The summed E-state index contributed by atoms with van der Waals surface area (Å²) in [5, 5.41) is 9.78. The zero-order valence-corrected chi connectivity index (χ0v) is 10.1. The van der Waals surface area contributed by atoms with Gasteiger partial charge in [-0.05, 0) is 42.9 Å². The van der Waals surface area contributed by atoms with Crippen LogP contribution in [0.2, 0.25) is 0 Å². The standard InChI is InChI=1S/C14H20O2/c1-3-10-5-7-13-11(9-10)6-8-14(16-13)12(15)4-2/h5,7,9,12,14-15H,3-4,6,8H2,1-2H3. The molecule has 2 nitrogen and oxygen atoms in total. The lowest BCUT2D eigenvalue weighted by molar-refractivity contribution is 0.0220. The predicted molar refractivity (Wildman–Crippen MR) is 64.9 cm³/mol. The normalized spacial score (nSPS) is 21.1. The number of fused-ring (bicyclic) bond motifs is 1. The zero-order chi connectivity index (χ0) is 11.5. The minimum absolute atomic E-state index is 0.0232. The average molecular weight is 220 g/mol. The molecular formula is C14H20O2. The summed E-state index contributed by atoms with van der Waals surface area (Å²) in [4.78, 5) is 0. The molecule has 1 N–H and O–H groups in total. The lowest BCUT2D eigenvalue weighted by Gasteiger charge is -2.29. The van der Waals surface area contributed by atoms with Crippen molar-refractivity contribution < 1.29 is 9.84 Å². The molecule has 1 aromatic rings. The van der Waals surface area contributed by atoms with E-state index in [0.717, 1.165) is 31.4 Å². The molecule has 0 spiro atoms. The SMILES string of the molecule is CCc1ccc2c(c1)CCC(C(O)CC)O2. The Morgan fingerprint density at radius 1 is 1.44 bits per heavy atom. The van der Waals surface area contributed by atoms with Gasteiger partial charge in [0.2, 0.25) is 0 Å². The molecule has 2 heteroatoms. The first-order valence-corrected chi connectivity index (χ1v) is 6.21. The van der Waals surface area contributed by atoms with Crippen LogP contribution in [0.3, 0.4) is 0 Å². The van der Waals surface area contributed by atoms with E-state index in [9.17, 15) is 5.11 Å². The summed E-state index contributed by atoms with van der Waals surface area (Å²) in [6.45, 7) is 4.15. The number of rotatable bonds is 3. The molecular weight excluding hydrogens is 200 g/mol. The van der Waals surface area contributed by atoms with Gasteiger partial charge in [0.15, 0.2) is 0 Å². The fourth-order valence-electron chi connectivity index (χ4n) is 2.22. The highest BCUT2D eigenvalue weighted by Crippen LogP contribution is 2.30. The first-order chi connectivity index (χ1) is 7.74. The monoisotopic (exact) mass is 220 g/mol. The van der Waals surface area contributed by atoms with Gasteiger partial charge in [-0.3, -0.25) is 0 Å². The second kappa shape index (κ2) is 4.88. The van der Waals surface area contributed by atoms with Gasteiger partial charge in [-0.15, -0.1) is 0 Å². The van der Waals surface area contributed by atoms with E-state index in [1.165, 1.54) is 11.1 Å². The number of hydrogen-bond donors (Lipinski definition) is 1. The lowest BCUT2D eigenvalue weighted by atomic mass is 9.96. The van der Waals surface area contributed by atoms with Crippen LogP contribution in [0.25, 0.3) is 0 Å². The molecule has 0 aromatic heterocycles. The van der Waals surface area contributed by atoms with Crippen LogP contribution in [0.4, 0.5) is 0 Å². The Morgan fingerprint density at radius 2 is 2.25 bits per heavy atom. The Bertz CT molecular complexity index is 360. The van der Waals surface area contributed by atoms with Crippen molar-refractivity contribution in [3.8, 4) is 5.75 Å². The molecule has 0 aliphatic carbocycles. The molecule has 1 aliphatic heterocycles. The highest BCUT2D eigenvalue weighted by molar-refractivity contribution is 5.39. The molecule has 0 radical (unpaired) electrons. The first kappa shape index (κ1) is 11.5. The van der Waals surface area contributed by atoms with Gasteiger partial charge in [-0.25, -0.2) is 0 Å². The fourth-order valence-corrected chi connectivity index (χ4v) is 2.22. The van der Waals surface area contributed by atoms with Crippen molar-refractivity contribution in [2.24, 2.45) is 0 Å². The third-order valence-electron chi connectivity index (χ3n) is 3.36. The maximum atomic E-state index is 9.78. The number of aryl methyl sites for hydroxylation is 2. The summed E-state index contributed by atoms with van der Waals surface area (Å²) in [5.74, 6) is 0.959. The van der Waals surface area contributed by atoms with Gasteiger partial charge >= 0.3 is 0 Å². The molecule has 2 rings (SSSR count). The summed E-state index contributed by atoms with van der Waals surface area (Å²) in [5.41, 5.74) is 2.65. The molecule has 1 aliphatic rings. The Hall–Kier alpha value is -1.02. The molecule has 2 atom stereocenters. The van der Waals surface area contributed by atoms with Gasteiger partial charge in [0.1, 0.15) is 11.9 Å². The summed E-state index contributed by atoms with van der Waals surface area (Å²) >= 11 is 0. The van der Waals surface area contributed by atoms with E-state index < -0.39 is 0 Å². The van der Waals surface area contributed by atoms with Gasteiger partial charge < -0.3 is 9.84 Å². The highest BCUT2D eigenvalue weighted by Gasteiger charge is 2.25. The predicted octanol–water partition coefficient (Wildman–Crippen LogP) is 2.71. The van der Waals surface area contributed by atoms with Crippen molar-refractivity contribution in [1.29, 1.82) is 0 Å². The van der Waals surface area contributed by atoms with Crippen LogP contribution in [0, 0.1) is 0 Å². The largest absolute Gasteiger partial charge is 0.487 e. The van der Waals surface area contributed by atoms with Crippen molar-refractivity contribution in [3.05, 3.63) is 29.3 Å². The molecule has 0 saturated heterocycles. The number of aliphatic hydroxyl groups excluding tert-OH is 1. The third-order valence-corrected chi connectivity index (χ3v) is 3.36. The molecule has 2 unspecified atom stereocenters. The Morgan fingerprint density at radius 3 is 2.94 bits per heavy atom. The quantitative estimate of drug-likeness (QED) is 0.848. The average Bonchev–Trinajstić information content (AvgIpc) is 2.36. The number of benzene rings is 1. The summed E-state index contributed by atoms with van der Waals surface area (Å²) < 4.78 is 5.83. The van der Waals surface area contributed by atoms with Crippen molar-refractivity contribution in [2.75, 3.05) is 0 Å². The minimum atomic E-state index is -0.334. The van der Waals surface area contributed by atoms with Crippen LogP contribution >= 0.6 is 0 Å². The van der Waals surface area contributed by atoms with E-state index >= 15 is 0 Å². The van der Waals surface area contributed by atoms with Gasteiger partial charge in [-0.2, -0.15) is 0 Å². The van der Waals surface area contributed by atoms with Crippen LogP contribution in [0.15, 0.2) is 18.2 Å². The number of hydrogen-bond acceptors (Lipinski definition) is 2. The van der Waals surface area contributed by atoms with E-state index in [2.05, 4.69) is 19.1 Å².